The first kappa shape index (κ1) is 17.9. The van der Waals surface area contributed by atoms with Gasteiger partial charge in [-0.3, -0.25) is 10.1 Å². The van der Waals surface area contributed by atoms with Crippen molar-refractivity contribution in [2.24, 2.45) is 5.92 Å². The van der Waals surface area contributed by atoms with Crippen molar-refractivity contribution in [2.75, 3.05) is 17.2 Å². The van der Waals surface area contributed by atoms with Crippen LogP contribution in [0.2, 0.25) is 0 Å². The number of fused-ring (bicyclic) bond motifs is 2. The van der Waals surface area contributed by atoms with Crippen molar-refractivity contribution >= 4 is 28.4 Å². The van der Waals surface area contributed by atoms with E-state index in [0.717, 1.165) is 59.9 Å². The lowest BCUT2D eigenvalue weighted by Gasteiger charge is -2.40. The molecule has 0 aliphatic heterocycles. The van der Waals surface area contributed by atoms with Crippen LogP contribution >= 0.6 is 0 Å². The average Bonchev–Trinajstić information content (AvgIpc) is 3.35. The van der Waals surface area contributed by atoms with Gasteiger partial charge in [0.05, 0.1) is 11.6 Å². The molecule has 0 spiro atoms. The van der Waals surface area contributed by atoms with E-state index in [9.17, 15) is 0 Å². The molecule has 148 valence electrons. The number of aromatic amines is 1. The molecule has 8 heteroatoms. The van der Waals surface area contributed by atoms with Gasteiger partial charge in [0.25, 0.3) is 0 Å². The molecule has 3 heterocycles. The first-order chi connectivity index (χ1) is 14.1. The number of rotatable bonds is 7. The van der Waals surface area contributed by atoms with E-state index in [1.54, 1.807) is 6.20 Å². The number of pyridine rings is 2. The van der Waals surface area contributed by atoms with Gasteiger partial charge in [-0.25, -0.2) is 4.98 Å². The molecular formula is C21H24N8. The van der Waals surface area contributed by atoms with E-state index >= 15 is 0 Å². The first-order valence-electron chi connectivity index (χ1n) is 10.1. The van der Waals surface area contributed by atoms with E-state index in [2.05, 4.69) is 43.3 Å². The van der Waals surface area contributed by atoms with Crippen LogP contribution in [0.5, 0.6) is 0 Å². The molecule has 2 bridgehead atoms. The normalized spacial score (nSPS) is 24.8. The van der Waals surface area contributed by atoms with Gasteiger partial charge < -0.3 is 16.0 Å². The topological polar surface area (TPSA) is 114 Å². The Bertz CT molecular complexity index is 1080. The smallest absolute Gasteiger partial charge is 0.153 e. The summed E-state index contributed by atoms with van der Waals surface area (Å²) in [6, 6.07) is 10.6. The largest absolute Gasteiger partial charge is 0.364 e. The van der Waals surface area contributed by atoms with Crippen LogP contribution in [0.3, 0.4) is 0 Å². The Hall–Kier alpha value is -3.18. The fraction of sp³-hybridized carbons (Fsp3) is 0.429. The summed E-state index contributed by atoms with van der Waals surface area (Å²) in [5.41, 5.74) is 1.96. The Morgan fingerprint density at radius 3 is 2.97 bits per heavy atom. The van der Waals surface area contributed by atoms with Crippen molar-refractivity contribution in [1.82, 2.24) is 25.5 Å². The molecular weight excluding hydrogens is 364 g/mol. The van der Waals surface area contributed by atoms with Gasteiger partial charge in [0.2, 0.25) is 0 Å². The minimum atomic E-state index is 0.0757. The summed E-state index contributed by atoms with van der Waals surface area (Å²) in [5, 5.41) is 27.5. The highest BCUT2D eigenvalue weighted by molar-refractivity contribution is 5.91. The third kappa shape index (κ3) is 3.38. The van der Waals surface area contributed by atoms with Gasteiger partial charge in [0.1, 0.15) is 11.6 Å². The molecule has 3 aromatic rings. The molecule has 6 rings (SSSR count). The zero-order valence-corrected chi connectivity index (χ0v) is 16.4. The Labute approximate surface area is 169 Å². The Morgan fingerprint density at radius 2 is 2.17 bits per heavy atom. The van der Waals surface area contributed by atoms with E-state index in [4.69, 9.17) is 10.2 Å². The van der Waals surface area contributed by atoms with Gasteiger partial charge in [0, 0.05) is 54.0 Å². The lowest BCUT2D eigenvalue weighted by molar-refractivity contribution is 0.258. The molecule has 0 saturated heterocycles. The van der Waals surface area contributed by atoms with Crippen molar-refractivity contribution in [2.45, 2.75) is 44.2 Å². The van der Waals surface area contributed by atoms with E-state index in [1.165, 1.54) is 0 Å². The minimum absolute atomic E-state index is 0.0757. The molecule has 3 aromatic heterocycles. The predicted octanol–water partition coefficient (Wildman–Crippen LogP) is 3.24. The number of hydrogen-bond donors (Lipinski definition) is 4. The summed E-state index contributed by atoms with van der Waals surface area (Å²) in [7, 11) is 0. The van der Waals surface area contributed by atoms with E-state index in [-0.39, 0.29) is 5.54 Å². The SMILES string of the molecule is Cc1cc(Nc2cc3ncccc3c(NC34CC(C3)C(NCCC#N)C4)n2)n[nH]1. The summed E-state index contributed by atoms with van der Waals surface area (Å²) in [6.07, 6.45) is 5.69. The predicted molar refractivity (Wildman–Crippen MR) is 112 cm³/mol. The third-order valence-corrected chi connectivity index (χ3v) is 6.07. The molecule has 3 aliphatic rings. The number of nitrogens with zero attached hydrogens (tertiary/aromatic N) is 4. The molecule has 3 saturated carbocycles. The second-order valence-corrected chi connectivity index (χ2v) is 8.23. The van der Waals surface area contributed by atoms with Gasteiger partial charge in [-0.2, -0.15) is 10.4 Å². The fourth-order valence-corrected chi connectivity index (χ4v) is 4.79. The maximum absolute atomic E-state index is 8.77. The Morgan fingerprint density at radius 1 is 1.28 bits per heavy atom. The average molecular weight is 388 g/mol. The van der Waals surface area contributed by atoms with Crippen LogP contribution in [0.4, 0.5) is 17.5 Å². The van der Waals surface area contributed by atoms with Crippen molar-refractivity contribution < 1.29 is 0 Å². The number of aromatic nitrogens is 4. The quantitative estimate of drug-likeness (QED) is 0.459. The number of nitriles is 1. The molecule has 0 radical (unpaired) electrons. The minimum Gasteiger partial charge on any atom is -0.364 e. The van der Waals surface area contributed by atoms with Crippen molar-refractivity contribution in [3.05, 3.63) is 36.2 Å². The standard InChI is InChI=1S/C21H24N8/c1-13-8-19(29-28-13)25-18-9-16-15(4-2-6-23-16)20(26-18)27-21-10-14(11-21)17(12-21)24-7-3-5-22/h2,4,6,8-9,14,17,24H,3,7,10-12H2,1H3,(H3,25,26,27,28,29). The van der Waals surface area contributed by atoms with E-state index < -0.39 is 0 Å². The lowest BCUT2D eigenvalue weighted by atomic mass is 9.76. The highest BCUT2D eigenvalue weighted by atomic mass is 15.2. The molecule has 0 amide bonds. The van der Waals surface area contributed by atoms with Crippen molar-refractivity contribution in [3.8, 4) is 6.07 Å². The second kappa shape index (κ2) is 7.01. The summed E-state index contributed by atoms with van der Waals surface area (Å²) in [4.78, 5) is 9.39. The van der Waals surface area contributed by atoms with Crippen LogP contribution in [-0.2, 0) is 0 Å². The van der Waals surface area contributed by atoms with E-state index in [0.29, 0.717) is 18.4 Å². The molecule has 1 atom stereocenters. The molecule has 0 aromatic carbocycles. The Kier molecular flexibility index (Phi) is 4.32. The summed E-state index contributed by atoms with van der Waals surface area (Å²) < 4.78 is 0. The molecule has 8 nitrogen and oxygen atoms in total. The van der Waals surface area contributed by atoms with Gasteiger partial charge in [-0.1, -0.05) is 0 Å². The maximum atomic E-state index is 8.77. The van der Waals surface area contributed by atoms with Gasteiger partial charge >= 0.3 is 0 Å². The molecule has 3 aliphatic carbocycles. The zero-order chi connectivity index (χ0) is 19.8. The zero-order valence-electron chi connectivity index (χ0n) is 16.4. The first-order valence-corrected chi connectivity index (χ1v) is 10.1. The van der Waals surface area contributed by atoms with Crippen LogP contribution in [-0.4, -0.2) is 38.3 Å². The molecule has 4 N–H and O–H groups in total. The fourth-order valence-electron chi connectivity index (χ4n) is 4.79. The highest BCUT2D eigenvalue weighted by Crippen LogP contribution is 2.54. The monoisotopic (exact) mass is 388 g/mol. The number of aryl methyl sites for hydroxylation is 1. The van der Waals surface area contributed by atoms with Crippen molar-refractivity contribution in [3.63, 3.8) is 0 Å². The molecule has 1 unspecified atom stereocenters. The van der Waals surface area contributed by atoms with Gasteiger partial charge in [-0.15, -0.1) is 0 Å². The molecule has 3 fully saturated rings. The highest BCUT2D eigenvalue weighted by Gasteiger charge is 2.56. The third-order valence-electron chi connectivity index (χ3n) is 6.07. The lowest BCUT2D eigenvalue weighted by Crippen LogP contribution is -2.43. The summed E-state index contributed by atoms with van der Waals surface area (Å²) in [6.45, 7) is 2.73. The van der Waals surface area contributed by atoms with Gasteiger partial charge in [-0.05, 0) is 44.2 Å². The Balaban J connectivity index is 1.39. The van der Waals surface area contributed by atoms with Crippen LogP contribution in [0, 0.1) is 24.2 Å². The van der Waals surface area contributed by atoms with Crippen LogP contribution < -0.4 is 16.0 Å². The number of anilines is 3. The number of hydrogen-bond acceptors (Lipinski definition) is 7. The van der Waals surface area contributed by atoms with Crippen molar-refractivity contribution in [1.29, 1.82) is 5.26 Å². The number of H-pyrrole nitrogens is 1. The maximum Gasteiger partial charge on any atom is 0.153 e. The van der Waals surface area contributed by atoms with Crippen LogP contribution in [0.1, 0.15) is 31.4 Å². The van der Waals surface area contributed by atoms with Crippen LogP contribution in [0.25, 0.3) is 10.9 Å². The molecule has 29 heavy (non-hydrogen) atoms. The summed E-state index contributed by atoms with van der Waals surface area (Å²) in [5.74, 6) is 3.00. The van der Waals surface area contributed by atoms with Crippen LogP contribution in [0.15, 0.2) is 30.5 Å². The van der Waals surface area contributed by atoms with Gasteiger partial charge in [0.15, 0.2) is 5.82 Å². The second-order valence-electron chi connectivity index (χ2n) is 8.23. The van der Waals surface area contributed by atoms with E-state index in [1.807, 2.05) is 25.1 Å². The number of nitrogens with one attached hydrogen (secondary N) is 4. The summed E-state index contributed by atoms with van der Waals surface area (Å²) >= 11 is 0.